The monoisotopic (exact) mass is 534 g/mol. The number of hydrogen-bond donors (Lipinski definition) is 0. The molecule has 0 radical (unpaired) electrons. The van der Waals surface area contributed by atoms with E-state index < -0.39 is 12.2 Å². The Balaban J connectivity index is 2.12. The lowest BCUT2D eigenvalue weighted by Crippen LogP contribution is -2.48. The van der Waals surface area contributed by atoms with E-state index in [1.807, 2.05) is 43.3 Å². The van der Waals surface area contributed by atoms with Gasteiger partial charge in [-0.3, -0.25) is 9.80 Å². The van der Waals surface area contributed by atoms with Crippen LogP contribution in [0.5, 0.6) is 11.5 Å². The highest BCUT2D eigenvalue weighted by Gasteiger charge is 2.40. The number of carbonyl (C=O) groups excluding carboxylic acids is 2. The molecule has 1 aliphatic heterocycles. The van der Waals surface area contributed by atoms with Crippen molar-refractivity contribution in [1.82, 2.24) is 4.90 Å². The van der Waals surface area contributed by atoms with Gasteiger partial charge in [0, 0.05) is 29.5 Å². The van der Waals surface area contributed by atoms with E-state index in [4.69, 9.17) is 18.9 Å². The summed E-state index contributed by atoms with van der Waals surface area (Å²) in [6.45, 7) is 4.59. The first-order valence-electron chi connectivity index (χ1n) is 11.2. The molecule has 0 unspecified atom stereocenters. The Labute approximate surface area is 208 Å². The topological polar surface area (TPSA) is 77.5 Å². The van der Waals surface area contributed by atoms with Crippen LogP contribution in [0.2, 0.25) is 0 Å². The van der Waals surface area contributed by atoms with Crippen molar-refractivity contribution in [3.63, 3.8) is 0 Å². The zero-order valence-corrected chi connectivity index (χ0v) is 21.5. The number of nitrogens with zero attached hydrogens (tertiary/aromatic N) is 2. The molecule has 184 valence electrons. The number of rotatable bonds is 8. The van der Waals surface area contributed by atoms with Crippen molar-refractivity contribution in [3.8, 4) is 11.5 Å². The summed E-state index contributed by atoms with van der Waals surface area (Å²) in [5.74, 6) is 0.997. The highest BCUT2D eigenvalue weighted by Crippen LogP contribution is 2.46. The summed E-state index contributed by atoms with van der Waals surface area (Å²) in [7, 11) is 3.10. The molecule has 2 aromatic rings. The maximum absolute atomic E-state index is 13.1. The quantitative estimate of drug-likeness (QED) is 0.414. The molecular formula is C25H31BrN2O6. The molecule has 0 saturated heterocycles. The Morgan fingerprint density at radius 2 is 1.76 bits per heavy atom. The number of hydrogen-bond acceptors (Lipinski definition) is 6. The molecule has 0 aliphatic carbocycles. The maximum atomic E-state index is 13.1. The molecule has 0 saturated carbocycles. The Bertz CT molecular complexity index is 987. The molecule has 0 aromatic heterocycles. The molecule has 3 rings (SSSR count). The molecule has 34 heavy (non-hydrogen) atoms. The van der Waals surface area contributed by atoms with E-state index in [2.05, 4.69) is 15.9 Å². The summed E-state index contributed by atoms with van der Waals surface area (Å²) >= 11 is 3.29. The number of fused-ring (bicyclic) bond motifs is 1. The van der Waals surface area contributed by atoms with Gasteiger partial charge < -0.3 is 18.9 Å². The van der Waals surface area contributed by atoms with Crippen LogP contribution in [0.15, 0.2) is 42.5 Å². The van der Waals surface area contributed by atoms with E-state index >= 15 is 0 Å². The number of amides is 2. The molecule has 2 amide bonds. The molecule has 2 atom stereocenters. The lowest BCUT2D eigenvalue weighted by Gasteiger charge is -2.42. The predicted molar refractivity (Wildman–Crippen MR) is 133 cm³/mol. The average Bonchev–Trinajstić information content (AvgIpc) is 2.85. The molecule has 0 fully saturated rings. The Kier molecular flexibility index (Phi) is 9.04. The first-order chi connectivity index (χ1) is 16.4. The van der Waals surface area contributed by atoms with Gasteiger partial charge in [-0.2, -0.15) is 0 Å². The summed E-state index contributed by atoms with van der Waals surface area (Å²) in [5.41, 5.74) is 2.35. The fourth-order valence-electron chi connectivity index (χ4n) is 4.21. The van der Waals surface area contributed by atoms with Crippen molar-refractivity contribution < 1.29 is 28.5 Å². The van der Waals surface area contributed by atoms with E-state index in [0.29, 0.717) is 35.5 Å². The Morgan fingerprint density at radius 3 is 2.38 bits per heavy atom. The fourth-order valence-corrected chi connectivity index (χ4v) is 4.37. The largest absolute Gasteiger partial charge is 0.493 e. The molecule has 9 heteroatoms. The van der Waals surface area contributed by atoms with E-state index in [-0.39, 0.29) is 25.3 Å². The van der Waals surface area contributed by atoms with E-state index in [9.17, 15) is 9.59 Å². The summed E-state index contributed by atoms with van der Waals surface area (Å²) in [5, 5.41) is 0.538. The second-order valence-corrected chi connectivity index (χ2v) is 8.65. The van der Waals surface area contributed by atoms with Crippen molar-refractivity contribution in [2.75, 3.05) is 37.7 Å². The van der Waals surface area contributed by atoms with Gasteiger partial charge in [0.2, 0.25) is 0 Å². The molecule has 8 nitrogen and oxygen atoms in total. The average molecular weight is 535 g/mol. The number of benzene rings is 2. The third-order valence-corrected chi connectivity index (χ3v) is 6.05. The molecule has 0 N–H and O–H groups in total. The van der Waals surface area contributed by atoms with Crippen LogP contribution in [0.3, 0.4) is 0 Å². The zero-order chi connectivity index (χ0) is 24.7. The first-order valence-corrected chi connectivity index (χ1v) is 12.3. The Morgan fingerprint density at radius 1 is 1.09 bits per heavy atom. The molecule has 0 bridgehead atoms. The second-order valence-electron chi connectivity index (χ2n) is 7.85. The Hall–Kier alpha value is -2.94. The first kappa shape index (κ1) is 25.7. The molecule has 1 heterocycles. The van der Waals surface area contributed by atoms with Crippen molar-refractivity contribution in [2.45, 2.75) is 38.9 Å². The lowest BCUT2D eigenvalue weighted by atomic mass is 9.90. The van der Waals surface area contributed by atoms with Crippen molar-refractivity contribution in [1.29, 1.82) is 0 Å². The molecular weight excluding hydrogens is 504 g/mol. The fraction of sp³-hybridized carbons (Fsp3) is 0.440. The smallest absolute Gasteiger partial charge is 0.414 e. The van der Waals surface area contributed by atoms with Crippen LogP contribution in [0, 0.1) is 0 Å². The second kappa shape index (κ2) is 12.0. The predicted octanol–water partition coefficient (Wildman–Crippen LogP) is 5.53. The third-order valence-electron chi connectivity index (χ3n) is 5.73. The van der Waals surface area contributed by atoms with Gasteiger partial charge in [-0.15, -0.1) is 0 Å². The normalized spacial score (nSPS) is 16.9. The van der Waals surface area contributed by atoms with E-state index in [1.54, 1.807) is 37.0 Å². The van der Waals surface area contributed by atoms with Crippen molar-refractivity contribution in [3.05, 3.63) is 53.6 Å². The van der Waals surface area contributed by atoms with Gasteiger partial charge in [-0.05, 0) is 31.9 Å². The number of methoxy groups -OCH3 is 2. The van der Waals surface area contributed by atoms with Crippen molar-refractivity contribution in [2.24, 2.45) is 0 Å². The van der Waals surface area contributed by atoms with Gasteiger partial charge >= 0.3 is 12.2 Å². The highest BCUT2D eigenvalue weighted by atomic mass is 79.9. The van der Waals surface area contributed by atoms with Crippen LogP contribution in [0.25, 0.3) is 0 Å². The minimum atomic E-state index is -0.454. The number of alkyl halides is 1. The number of carbonyl (C=O) groups is 2. The molecule has 2 aromatic carbocycles. The number of ether oxygens (including phenoxy) is 4. The third kappa shape index (κ3) is 5.58. The van der Waals surface area contributed by atoms with Gasteiger partial charge in [-0.25, -0.2) is 9.59 Å². The van der Waals surface area contributed by atoms with Gasteiger partial charge in [-0.1, -0.05) is 46.3 Å². The molecule has 0 spiro atoms. The van der Waals surface area contributed by atoms with Crippen LogP contribution in [-0.2, 0) is 16.0 Å². The number of anilines is 1. The van der Waals surface area contributed by atoms with Gasteiger partial charge in [0.25, 0.3) is 0 Å². The van der Waals surface area contributed by atoms with E-state index in [0.717, 1.165) is 11.1 Å². The van der Waals surface area contributed by atoms with Gasteiger partial charge in [0.1, 0.15) is 6.61 Å². The summed E-state index contributed by atoms with van der Waals surface area (Å²) in [6.07, 6.45) is -0.374. The SMILES string of the molecule is CCOC(=O)N(Cc1ccccc1)[C@@H]1C[C@H](C)N(C(=O)OCCBr)c2cc(OC)c(OC)cc21. The minimum absolute atomic E-state index is 0.244. The standard InChI is InChI=1S/C25H31BrN2O6/c1-5-33-24(29)27(16-18-9-7-6-8-10-18)20-13-17(2)28(25(30)34-12-11-26)21-15-23(32-4)22(31-3)14-19(20)21/h6-10,14-15,17,20H,5,11-13,16H2,1-4H3/t17-,20+/m0/s1. The highest BCUT2D eigenvalue weighted by molar-refractivity contribution is 9.09. The molecule has 1 aliphatic rings. The van der Waals surface area contributed by atoms with Crippen molar-refractivity contribution >= 4 is 33.8 Å². The lowest BCUT2D eigenvalue weighted by molar-refractivity contribution is 0.0809. The van der Waals surface area contributed by atoms with Crippen LogP contribution in [0.4, 0.5) is 15.3 Å². The van der Waals surface area contributed by atoms with Crippen LogP contribution in [0.1, 0.15) is 37.4 Å². The number of halogens is 1. The maximum Gasteiger partial charge on any atom is 0.414 e. The minimum Gasteiger partial charge on any atom is -0.493 e. The van der Waals surface area contributed by atoms with Crippen LogP contribution < -0.4 is 14.4 Å². The van der Waals surface area contributed by atoms with Gasteiger partial charge in [0.15, 0.2) is 11.5 Å². The summed E-state index contributed by atoms with van der Waals surface area (Å²) in [6, 6.07) is 12.7. The van der Waals surface area contributed by atoms with Crippen LogP contribution in [-0.4, -0.2) is 55.9 Å². The summed E-state index contributed by atoms with van der Waals surface area (Å²) in [4.78, 5) is 29.5. The van der Waals surface area contributed by atoms with E-state index in [1.165, 1.54) is 0 Å². The summed E-state index contributed by atoms with van der Waals surface area (Å²) < 4.78 is 21.9. The zero-order valence-electron chi connectivity index (χ0n) is 20.0. The van der Waals surface area contributed by atoms with Gasteiger partial charge in [0.05, 0.1) is 32.6 Å². The van der Waals surface area contributed by atoms with Crippen LogP contribution >= 0.6 is 15.9 Å².